The van der Waals surface area contributed by atoms with Crippen molar-refractivity contribution in [1.29, 1.82) is 0 Å². The zero-order chi connectivity index (χ0) is 10.3. The van der Waals surface area contributed by atoms with E-state index in [-0.39, 0.29) is 0 Å². The largest absolute Gasteiger partial charge is 0.307 e. The SMILES string of the molecule is C=C1c2ccccc2C=Cn2ccnc21. The predicted molar refractivity (Wildman–Crippen MR) is 62.0 cm³/mol. The molecule has 0 bridgehead atoms. The van der Waals surface area contributed by atoms with Crippen LogP contribution in [0.3, 0.4) is 0 Å². The number of fused-ring (bicyclic) bond motifs is 2. The van der Waals surface area contributed by atoms with Crippen LogP contribution < -0.4 is 0 Å². The molecule has 1 aromatic carbocycles. The number of hydrogen-bond acceptors (Lipinski definition) is 1. The summed E-state index contributed by atoms with van der Waals surface area (Å²) in [4.78, 5) is 4.31. The molecule has 0 aliphatic carbocycles. The van der Waals surface area contributed by atoms with Crippen LogP contribution in [0.1, 0.15) is 17.0 Å². The number of hydrogen-bond donors (Lipinski definition) is 0. The van der Waals surface area contributed by atoms with Crippen LogP contribution in [0, 0.1) is 0 Å². The lowest BCUT2D eigenvalue weighted by Crippen LogP contribution is -1.94. The van der Waals surface area contributed by atoms with E-state index in [4.69, 9.17) is 0 Å². The first-order valence-corrected chi connectivity index (χ1v) is 4.86. The Balaban J connectivity index is 2.31. The number of aromatic nitrogens is 2. The van der Waals surface area contributed by atoms with Gasteiger partial charge in [-0.3, -0.25) is 0 Å². The Morgan fingerprint density at radius 3 is 3.00 bits per heavy atom. The molecule has 0 radical (unpaired) electrons. The van der Waals surface area contributed by atoms with Crippen LogP contribution in [0.2, 0.25) is 0 Å². The van der Waals surface area contributed by atoms with Crippen molar-refractivity contribution < 1.29 is 0 Å². The van der Waals surface area contributed by atoms with Gasteiger partial charge in [0.15, 0.2) is 0 Å². The Labute approximate surface area is 88.2 Å². The molecule has 3 rings (SSSR count). The van der Waals surface area contributed by atoms with Crippen molar-refractivity contribution in [2.45, 2.75) is 0 Å². The first kappa shape index (κ1) is 8.24. The van der Waals surface area contributed by atoms with Crippen molar-refractivity contribution in [1.82, 2.24) is 9.55 Å². The molecule has 0 spiro atoms. The molecule has 72 valence electrons. The zero-order valence-corrected chi connectivity index (χ0v) is 8.22. The molecule has 2 aromatic rings. The fourth-order valence-corrected chi connectivity index (χ4v) is 1.87. The van der Waals surface area contributed by atoms with Crippen molar-refractivity contribution in [3.05, 3.63) is 60.2 Å². The van der Waals surface area contributed by atoms with Crippen molar-refractivity contribution in [2.75, 3.05) is 0 Å². The minimum Gasteiger partial charge on any atom is -0.307 e. The average Bonchev–Trinajstić information content (AvgIpc) is 2.69. The highest BCUT2D eigenvalue weighted by Gasteiger charge is 2.12. The van der Waals surface area contributed by atoms with Crippen molar-refractivity contribution in [3.8, 4) is 0 Å². The van der Waals surface area contributed by atoms with E-state index < -0.39 is 0 Å². The molecule has 0 saturated heterocycles. The molecular weight excluding hydrogens is 184 g/mol. The molecule has 0 fully saturated rings. The van der Waals surface area contributed by atoms with Crippen LogP contribution in [0.5, 0.6) is 0 Å². The minimum atomic E-state index is 0.913. The summed E-state index contributed by atoms with van der Waals surface area (Å²) in [5.41, 5.74) is 3.31. The van der Waals surface area contributed by atoms with Crippen molar-refractivity contribution in [2.24, 2.45) is 0 Å². The first-order valence-electron chi connectivity index (χ1n) is 4.86. The maximum atomic E-state index is 4.31. The molecule has 0 amide bonds. The molecule has 0 N–H and O–H groups in total. The van der Waals surface area contributed by atoms with Gasteiger partial charge >= 0.3 is 0 Å². The third-order valence-corrected chi connectivity index (χ3v) is 2.64. The van der Waals surface area contributed by atoms with Crippen LogP contribution in [0.4, 0.5) is 0 Å². The van der Waals surface area contributed by atoms with E-state index in [0.717, 1.165) is 17.0 Å². The van der Waals surface area contributed by atoms with Gasteiger partial charge in [0.2, 0.25) is 0 Å². The normalized spacial score (nSPS) is 13.2. The predicted octanol–water partition coefficient (Wildman–Crippen LogP) is 2.89. The third-order valence-electron chi connectivity index (χ3n) is 2.64. The Morgan fingerprint density at radius 2 is 2.07 bits per heavy atom. The Hall–Kier alpha value is -2.09. The van der Waals surface area contributed by atoms with Crippen LogP contribution in [-0.4, -0.2) is 9.55 Å². The fraction of sp³-hybridized carbons (Fsp3) is 0. The quantitative estimate of drug-likeness (QED) is 0.538. The Bertz CT molecular complexity index is 561. The van der Waals surface area contributed by atoms with Crippen molar-refractivity contribution in [3.63, 3.8) is 0 Å². The van der Waals surface area contributed by atoms with Gasteiger partial charge in [-0.05, 0) is 17.2 Å². The van der Waals surface area contributed by atoms with Crippen LogP contribution in [-0.2, 0) is 0 Å². The smallest absolute Gasteiger partial charge is 0.143 e. The van der Waals surface area contributed by atoms with Crippen molar-refractivity contribution >= 4 is 17.8 Å². The van der Waals surface area contributed by atoms with Gasteiger partial charge in [0.1, 0.15) is 5.82 Å². The fourth-order valence-electron chi connectivity index (χ4n) is 1.87. The average molecular weight is 194 g/mol. The Kier molecular flexibility index (Phi) is 1.62. The van der Waals surface area contributed by atoms with Gasteiger partial charge < -0.3 is 4.57 Å². The zero-order valence-electron chi connectivity index (χ0n) is 8.22. The second-order valence-electron chi connectivity index (χ2n) is 3.54. The van der Waals surface area contributed by atoms with E-state index in [9.17, 15) is 0 Å². The summed E-state index contributed by atoms with van der Waals surface area (Å²) in [6.45, 7) is 4.11. The third kappa shape index (κ3) is 1.15. The molecule has 0 atom stereocenters. The monoisotopic (exact) mass is 194 g/mol. The van der Waals surface area contributed by atoms with E-state index in [1.807, 2.05) is 29.1 Å². The van der Waals surface area contributed by atoms with E-state index in [1.54, 1.807) is 6.20 Å². The molecular formula is C13H10N2. The summed E-state index contributed by atoms with van der Waals surface area (Å²) in [7, 11) is 0. The molecule has 1 aliphatic rings. The molecule has 1 aliphatic heterocycles. The molecule has 15 heavy (non-hydrogen) atoms. The van der Waals surface area contributed by atoms with Gasteiger partial charge in [0.05, 0.1) is 0 Å². The van der Waals surface area contributed by atoms with Gasteiger partial charge in [-0.25, -0.2) is 4.98 Å². The number of nitrogens with zero attached hydrogens (tertiary/aromatic N) is 2. The molecule has 1 aromatic heterocycles. The summed E-state index contributed by atoms with van der Waals surface area (Å²) >= 11 is 0. The lowest BCUT2D eigenvalue weighted by Gasteiger charge is -2.05. The van der Waals surface area contributed by atoms with E-state index in [2.05, 4.69) is 29.8 Å². The standard InChI is InChI=1S/C13H10N2/c1-10-12-5-3-2-4-11(12)6-8-15-9-7-14-13(10)15/h2-9H,1H2. The highest BCUT2D eigenvalue weighted by Crippen LogP contribution is 2.27. The molecule has 2 heteroatoms. The maximum absolute atomic E-state index is 4.31. The van der Waals surface area contributed by atoms with Gasteiger partial charge in [0.25, 0.3) is 0 Å². The second-order valence-corrected chi connectivity index (χ2v) is 3.54. The Morgan fingerprint density at radius 1 is 1.20 bits per heavy atom. The highest BCUT2D eigenvalue weighted by molar-refractivity contribution is 5.85. The number of rotatable bonds is 0. The topological polar surface area (TPSA) is 17.8 Å². The summed E-state index contributed by atoms with van der Waals surface area (Å²) in [5.74, 6) is 0.913. The van der Waals surface area contributed by atoms with Crippen LogP contribution >= 0.6 is 0 Å². The van der Waals surface area contributed by atoms with Gasteiger partial charge in [-0.15, -0.1) is 0 Å². The minimum absolute atomic E-state index is 0.913. The van der Waals surface area contributed by atoms with E-state index >= 15 is 0 Å². The van der Waals surface area contributed by atoms with E-state index in [1.165, 1.54) is 5.56 Å². The van der Waals surface area contributed by atoms with Gasteiger partial charge in [-0.2, -0.15) is 0 Å². The molecule has 2 nitrogen and oxygen atoms in total. The summed E-state index contributed by atoms with van der Waals surface area (Å²) in [6.07, 6.45) is 7.82. The summed E-state index contributed by atoms with van der Waals surface area (Å²) in [6, 6.07) is 8.22. The van der Waals surface area contributed by atoms with Gasteiger partial charge in [0, 0.05) is 24.2 Å². The second kappa shape index (κ2) is 2.95. The first-order chi connectivity index (χ1) is 7.36. The lowest BCUT2D eigenvalue weighted by atomic mass is 10.0. The van der Waals surface area contributed by atoms with Gasteiger partial charge in [-0.1, -0.05) is 30.8 Å². The number of benzene rings is 1. The summed E-state index contributed by atoms with van der Waals surface area (Å²) in [5, 5.41) is 0. The van der Waals surface area contributed by atoms with E-state index in [0.29, 0.717) is 0 Å². The highest BCUT2D eigenvalue weighted by atomic mass is 15.0. The molecule has 0 unspecified atom stereocenters. The maximum Gasteiger partial charge on any atom is 0.143 e. The molecule has 0 saturated carbocycles. The lowest BCUT2D eigenvalue weighted by molar-refractivity contribution is 1.10. The van der Waals surface area contributed by atoms with Crippen LogP contribution in [0.25, 0.3) is 17.8 Å². The van der Waals surface area contributed by atoms with Crippen LogP contribution in [0.15, 0.2) is 43.2 Å². The summed E-state index contributed by atoms with van der Waals surface area (Å²) < 4.78 is 1.99. The molecule has 2 heterocycles. The number of imidazole rings is 1.